The molecule has 5 heteroatoms. The second-order valence-corrected chi connectivity index (χ2v) is 7.83. The van der Waals surface area contributed by atoms with E-state index < -0.39 is 17.5 Å². The first kappa shape index (κ1) is 24.3. The second-order valence-electron chi connectivity index (χ2n) is 7.83. The van der Waals surface area contributed by atoms with Crippen LogP contribution in [0.15, 0.2) is 42.5 Å². The lowest BCUT2D eigenvalue weighted by Crippen LogP contribution is -2.33. The van der Waals surface area contributed by atoms with E-state index in [2.05, 4.69) is 18.8 Å². The molecule has 0 fully saturated rings. The van der Waals surface area contributed by atoms with E-state index in [0.29, 0.717) is 6.42 Å². The Balaban J connectivity index is 2.03. The first-order valence-corrected chi connectivity index (χ1v) is 11.1. The first-order chi connectivity index (χ1) is 15.0. The van der Waals surface area contributed by atoms with E-state index in [9.17, 15) is 19.8 Å². The van der Waals surface area contributed by atoms with E-state index in [0.717, 1.165) is 19.3 Å². The SMILES string of the molecule is CCCCCCCCCCC#CC1(Oc2cc(C(=O)O)ccc2C(=O)O)C=CC=CC1. The van der Waals surface area contributed by atoms with Gasteiger partial charge in [0.15, 0.2) is 5.60 Å². The van der Waals surface area contributed by atoms with Crippen LogP contribution in [-0.2, 0) is 0 Å². The van der Waals surface area contributed by atoms with Crippen molar-refractivity contribution >= 4 is 11.9 Å². The van der Waals surface area contributed by atoms with Crippen LogP contribution in [0.5, 0.6) is 5.75 Å². The number of benzene rings is 1. The number of hydrogen-bond acceptors (Lipinski definition) is 3. The highest BCUT2D eigenvalue weighted by molar-refractivity contribution is 5.94. The largest absolute Gasteiger partial charge is 0.478 e. The van der Waals surface area contributed by atoms with Crippen molar-refractivity contribution in [3.8, 4) is 17.6 Å². The van der Waals surface area contributed by atoms with Gasteiger partial charge in [-0.05, 0) is 30.7 Å². The van der Waals surface area contributed by atoms with Crippen LogP contribution < -0.4 is 4.74 Å². The molecule has 0 saturated carbocycles. The minimum absolute atomic E-state index is 0.00808. The summed E-state index contributed by atoms with van der Waals surface area (Å²) in [6.07, 6.45) is 18.5. The van der Waals surface area contributed by atoms with Crippen LogP contribution in [0, 0.1) is 11.8 Å². The van der Waals surface area contributed by atoms with Crippen molar-refractivity contribution in [1.82, 2.24) is 0 Å². The van der Waals surface area contributed by atoms with Gasteiger partial charge in [-0.15, -0.1) is 0 Å². The van der Waals surface area contributed by atoms with Crippen LogP contribution in [0.4, 0.5) is 0 Å². The Kier molecular flexibility index (Phi) is 9.90. The predicted molar refractivity (Wildman–Crippen MR) is 122 cm³/mol. The molecule has 0 spiro atoms. The summed E-state index contributed by atoms with van der Waals surface area (Å²) in [5.41, 5.74) is -1.12. The van der Waals surface area contributed by atoms with Crippen molar-refractivity contribution in [1.29, 1.82) is 0 Å². The first-order valence-electron chi connectivity index (χ1n) is 11.1. The third kappa shape index (κ3) is 7.97. The number of ether oxygens (including phenoxy) is 1. The molecule has 1 aliphatic rings. The fourth-order valence-electron chi connectivity index (χ4n) is 3.47. The Morgan fingerprint density at radius 3 is 2.32 bits per heavy atom. The van der Waals surface area contributed by atoms with Gasteiger partial charge in [-0.25, -0.2) is 9.59 Å². The van der Waals surface area contributed by atoms with Crippen LogP contribution in [0.3, 0.4) is 0 Å². The molecule has 31 heavy (non-hydrogen) atoms. The number of allylic oxidation sites excluding steroid dienone is 2. The number of carboxylic acids is 2. The molecule has 2 rings (SSSR count). The van der Waals surface area contributed by atoms with Gasteiger partial charge in [0.25, 0.3) is 0 Å². The summed E-state index contributed by atoms with van der Waals surface area (Å²) < 4.78 is 6.05. The summed E-state index contributed by atoms with van der Waals surface area (Å²) in [6, 6.07) is 3.76. The van der Waals surface area contributed by atoms with E-state index in [1.807, 2.05) is 18.2 Å². The zero-order valence-electron chi connectivity index (χ0n) is 18.2. The topological polar surface area (TPSA) is 83.8 Å². The van der Waals surface area contributed by atoms with E-state index in [1.165, 1.54) is 56.7 Å². The molecule has 0 aliphatic heterocycles. The normalized spacial score (nSPS) is 17.1. The van der Waals surface area contributed by atoms with Crippen molar-refractivity contribution in [3.63, 3.8) is 0 Å². The van der Waals surface area contributed by atoms with Crippen LogP contribution in [0.1, 0.15) is 91.8 Å². The Bertz CT molecular complexity index is 872. The maximum atomic E-state index is 11.6. The Hall–Kier alpha value is -3.00. The lowest BCUT2D eigenvalue weighted by Gasteiger charge is -2.28. The van der Waals surface area contributed by atoms with E-state index in [4.69, 9.17) is 4.74 Å². The van der Waals surface area contributed by atoms with Gasteiger partial charge in [-0.3, -0.25) is 0 Å². The molecule has 1 atom stereocenters. The Morgan fingerprint density at radius 2 is 1.71 bits per heavy atom. The number of rotatable bonds is 12. The molecular weight excluding hydrogens is 392 g/mol. The molecule has 166 valence electrons. The standard InChI is InChI=1S/C26H32O5/c1-2-3-4-5-6-7-8-9-10-12-17-26(18-13-11-14-19-26)31-23-20-21(24(27)28)15-16-22(23)25(29)30/h11,13-16,18,20H,2-10,19H2,1H3,(H,27,28)(H,29,30). The number of aromatic carboxylic acids is 2. The molecule has 0 aromatic heterocycles. The molecule has 1 aromatic rings. The van der Waals surface area contributed by atoms with Crippen molar-refractivity contribution < 1.29 is 24.5 Å². The predicted octanol–water partition coefficient (Wildman–Crippen LogP) is 6.25. The average Bonchev–Trinajstić information content (AvgIpc) is 2.75. The second kappa shape index (κ2) is 12.6. The minimum atomic E-state index is -1.18. The zero-order valence-corrected chi connectivity index (χ0v) is 18.2. The van der Waals surface area contributed by atoms with Gasteiger partial charge >= 0.3 is 11.9 Å². The molecule has 5 nitrogen and oxygen atoms in total. The number of carboxylic acid groups (broad SMARTS) is 2. The summed E-state index contributed by atoms with van der Waals surface area (Å²) in [4.78, 5) is 22.9. The molecule has 1 aromatic carbocycles. The smallest absolute Gasteiger partial charge is 0.339 e. The van der Waals surface area contributed by atoms with Crippen molar-refractivity contribution in [2.24, 2.45) is 0 Å². The highest BCUT2D eigenvalue weighted by atomic mass is 16.5. The number of unbranched alkanes of at least 4 members (excludes halogenated alkanes) is 8. The van der Waals surface area contributed by atoms with Gasteiger partial charge in [0.2, 0.25) is 0 Å². The highest BCUT2D eigenvalue weighted by Gasteiger charge is 2.29. The fourth-order valence-corrected chi connectivity index (χ4v) is 3.47. The van der Waals surface area contributed by atoms with Gasteiger partial charge < -0.3 is 14.9 Å². The van der Waals surface area contributed by atoms with Gasteiger partial charge in [0.1, 0.15) is 11.3 Å². The molecule has 1 aliphatic carbocycles. The molecule has 0 saturated heterocycles. The summed E-state index contributed by atoms with van der Waals surface area (Å²) >= 11 is 0. The van der Waals surface area contributed by atoms with Crippen LogP contribution in [0.2, 0.25) is 0 Å². The van der Waals surface area contributed by atoms with Crippen LogP contribution in [0.25, 0.3) is 0 Å². The van der Waals surface area contributed by atoms with E-state index in [1.54, 1.807) is 6.08 Å². The number of carbonyl (C=O) groups is 2. The molecule has 0 amide bonds. The third-order valence-electron chi connectivity index (χ3n) is 5.24. The van der Waals surface area contributed by atoms with E-state index in [-0.39, 0.29) is 16.9 Å². The summed E-state index contributed by atoms with van der Waals surface area (Å²) in [6.45, 7) is 2.22. The van der Waals surface area contributed by atoms with Crippen LogP contribution in [-0.4, -0.2) is 27.8 Å². The fraction of sp³-hybridized carbons (Fsp3) is 0.462. The van der Waals surface area contributed by atoms with E-state index >= 15 is 0 Å². The van der Waals surface area contributed by atoms with Gasteiger partial charge in [0, 0.05) is 12.8 Å². The molecule has 1 unspecified atom stereocenters. The maximum absolute atomic E-state index is 11.6. The summed E-state index contributed by atoms with van der Waals surface area (Å²) in [5.74, 6) is 4.04. The quantitative estimate of drug-likeness (QED) is 0.306. The van der Waals surface area contributed by atoms with Gasteiger partial charge in [-0.2, -0.15) is 0 Å². The number of hydrogen-bond donors (Lipinski definition) is 2. The molecular formula is C26H32O5. The summed E-state index contributed by atoms with van der Waals surface area (Å²) in [5, 5.41) is 18.7. The highest BCUT2D eigenvalue weighted by Crippen LogP contribution is 2.29. The monoisotopic (exact) mass is 424 g/mol. The molecule has 0 bridgehead atoms. The maximum Gasteiger partial charge on any atom is 0.339 e. The van der Waals surface area contributed by atoms with Gasteiger partial charge in [-0.1, -0.05) is 81.9 Å². The zero-order chi connectivity index (χ0) is 22.5. The van der Waals surface area contributed by atoms with Gasteiger partial charge in [0.05, 0.1) is 5.56 Å². The average molecular weight is 425 g/mol. The van der Waals surface area contributed by atoms with Crippen molar-refractivity contribution in [2.45, 2.75) is 76.7 Å². The van der Waals surface area contributed by atoms with Crippen molar-refractivity contribution in [3.05, 3.63) is 53.6 Å². The Morgan fingerprint density at radius 1 is 1.00 bits per heavy atom. The van der Waals surface area contributed by atoms with Crippen molar-refractivity contribution in [2.75, 3.05) is 0 Å². The third-order valence-corrected chi connectivity index (χ3v) is 5.24. The lowest BCUT2D eigenvalue weighted by atomic mass is 9.94. The summed E-state index contributed by atoms with van der Waals surface area (Å²) in [7, 11) is 0. The molecule has 0 heterocycles. The molecule has 2 N–H and O–H groups in total. The Labute approximate surface area is 184 Å². The van der Waals surface area contributed by atoms with Crippen LogP contribution >= 0.6 is 0 Å². The molecule has 0 radical (unpaired) electrons. The lowest BCUT2D eigenvalue weighted by molar-refractivity contribution is 0.0672. The minimum Gasteiger partial charge on any atom is -0.478 e.